The van der Waals surface area contributed by atoms with E-state index in [-0.39, 0.29) is 42.8 Å². The summed E-state index contributed by atoms with van der Waals surface area (Å²) in [6.07, 6.45) is 7.08. The number of carbonyl (C=O) groups excluding carboxylic acids is 4. The highest BCUT2D eigenvalue weighted by Crippen LogP contribution is 2.47. The Bertz CT molecular complexity index is 2160. The summed E-state index contributed by atoms with van der Waals surface area (Å²) in [4.78, 5) is 66.4. The van der Waals surface area contributed by atoms with Gasteiger partial charge in [0, 0.05) is 17.9 Å². The summed E-state index contributed by atoms with van der Waals surface area (Å²) in [5, 5.41) is 5.62. The number of fused-ring (bicyclic) bond motifs is 3. The highest BCUT2D eigenvalue weighted by Gasteiger charge is 2.63. The van der Waals surface area contributed by atoms with Crippen LogP contribution in [0.2, 0.25) is 0 Å². The van der Waals surface area contributed by atoms with Gasteiger partial charge in [0.05, 0.1) is 16.8 Å². The monoisotopic (exact) mass is 778 g/mol. The van der Waals surface area contributed by atoms with E-state index in [4.69, 9.17) is 4.74 Å². The quantitative estimate of drug-likeness (QED) is 0.285. The fraction of sp³-hybridized carbons (Fsp3) is 0.487. The molecule has 0 radical (unpaired) electrons. The molecule has 2 aromatic carbocycles. The summed E-state index contributed by atoms with van der Waals surface area (Å²) in [5.74, 6) is -4.29. The van der Waals surface area contributed by atoms with E-state index in [1.807, 2.05) is 19.1 Å². The number of hydrogen-bond donors (Lipinski definition) is 3. The minimum atomic E-state index is -4.03. The highest BCUT2D eigenvalue weighted by atomic mass is 32.2. The standard InChI is InChI=1S/C39H44F2N6O7S/c1-3-28-35(44-32-27(41)11-9-13-29(32)42-28)54-26-20-31-34(49)45-39(37(51)46-55(52,53)38(2)18-19-38)21-24(39)10-7-5-4-6-8-12-30(36(50)47(31)22-26)43-33(48)23-14-16-25(40)17-15-23/h7,9-11,13-17,24,26,30-31H,3-6,8,12,18-22H2,1-2H3,(H,43,48)(H,45,49)(H,46,51)/b10-7-/t24-,26-,30+,31+,39-/m1/s1. The van der Waals surface area contributed by atoms with Crippen LogP contribution >= 0.6 is 0 Å². The molecule has 2 aliphatic carbocycles. The van der Waals surface area contributed by atoms with Crippen LogP contribution in [0.25, 0.3) is 11.0 Å². The average Bonchev–Trinajstić information content (AvgIpc) is 4.04. The molecular formula is C39H44F2N6O7S. The minimum absolute atomic E-state index is 0.00396. The number of amides is 4. The van der Waals surface area contributed by atoms with Gasteiger partial charge < -0.3 is 20.3 Å². The van der Waals surface area contributed by atoms with Gasteiger partial charge in [-0.1, -0.05) is 38.0 Å². The van der Waals surface area contributed by atoms with Gasteiger partial charge in [0.15, 0.2) is 5.82 Å². The second-order valence-electron chi connectivity index (χ2n) is 15.2. The first-order valence-electron chi connectivity index (χ1n) is 18.8. The van der Waals surface area contributed by atoms with Gasteiger partial charge in [-0.2, -0.15) is 0 Å². The molecule has 4 aliphatic rings. The Labute approximate surface area is 317 Å². The van der Waals surface area contributed by atoms with E-state index in [9.17, 15) is 36.4 Å². The van der Waals surface area contributed by atoms with Crippen LogP contribution in [0.15, 0.2) is 54.6 Å². The molecular weight excluding hydrogens is 735 g/mol. The summed E-state index contributed by atoms with van der Waals surface area (Å²) in [5.41, 5.74) is -0.657. The van der Waals surface area contributed by atoms with E-state index in [1.54, 1.807) is 13.0 Å². The molecule has 7 rings (SSSR count). The number of allylic oxidation sites excluding steroid dienone is 1. The van der Waals surface area contributed by atoms with E-state index in [0.29, 0.717) is 49.7 Å². The lowest BCUT2D eigenvalue weighted by Gasteiger charge is -2.30. The zero-order chi connectivity index (χ0) is 39.1. The number of sulfonamides is 1. The summed E-state index contributed by atoms with van der Waals surface area (Å²) < 4.78 is 62.2. The number of para-hydroxylation sites is 1. The summed E-state index contributed by atoms with van der Waals surface area (Å²) in [6, 6.07) is 7.02. The maximum absolute atomic E-state index is 14.8. The third-order valence-electron chi connectivity index (χ3n) is 11.2. The molecule has 5 atom stereocenters. The molecule has 2 saturated carbocycles. The lowest BCUT2D eigenvalue weighted by molar-refractivity contribution is -0.141. The van der Waals surface area contributed by atoms with Crippen molar-refractivity contribution >= 4 is 44.7 Å². The normalized spacial score (nSPS) is 27.1. The van der Waals surface area contributed by atoms with Crippen molar-refractivity contribution in [1.82, 2.24) is 30.2 Å². The molecule has 0 spiro atoms. The molecule has 2 aliphatic heterocycles. The van der Waals surface area contributed by atoms with Crippen molar-refractivity contribution in [3.05, 3.63) is 77.5 Å². The SMILES string of the molecule is CCc1nc2cccc(F)c2nc1O[C@@H]1C[C@H]2C(=O)N[C@]3(C(=O)NS(=O)(=O)C4(C)CC4)C[C@H]3/C=C\CCCCC[C@H](NC(=O)c3ccc(F)cc3)C(=O)N2C1. The first kappa shape index (κ1) is 38.3. The predicted molar refractivity (Wildman–Crippen MR) is 197 cm³/mol. The van der Waals surface area contributed by atoms with Crippen molar-refractivity contribution in [2.24, 2.45) is 5.92 Å². The van der Waals surface area contributed by atoms with E-state index >= 15 is 0 Å². The molecule has 13 nitrogen and oxygen atoms in total. The second-order valence-corrected chi connectivity index (χ2v) is 17.4. The number of ether oxygens (including phenoxy) is 1. The van der Waals surface area contributed by atoms with Crippen molar-refractivity contribution < 1.29 is 41.1 Å². The Morgan fingerprint density at radius 3 is 2.55 bits per heavy atom. The average molecular weight is 779 g/mol. The van der Waals surface area contributed by atoms with Crippen LogP contribution in [-0.2, 0) is 30.8 Å². The van der Waals surface area contributed by atoms with Crippen LogP contribution in [0.3, 0.4) is 0 Å². The molecule has 1 aromatic heterocycles. The Morgan fingerprint density at radius 1 is 1.05 bits per heavy atom. The van der Waals surface area contributed by atoms with Gasteiger partial charge in [-0.05, 0) is 88.3 Å². The Morgan fingerprint density at radius 2 is 1.82 bits per heavy atom. The zero-order valence-corrected chi connectivity index (χ0v) is 31.5. The van der Waals surface area contributed by atoms with Crippen molar-refractivity contribution in [3.8, 4) is 5.88 Å². The number of aromatic nitrogens is 2. The van der Waals surface area contributed by atoms with E-state index < -0.39 is 79.7 Å². The number of aryl methyl sites for hydroxylation is 1. The van der Waals surface area contributed by atoms with Gasteiger partial charge in [0.1, 0.15) is 40.8 Å². The molecule has 3 heterocycles. The Hall–Kier alpha value is -4.99. The highest BCUT2D eigenvalue weighted by molar-refractivity contribution is 7.91. The molecule has 16 heteroatoms. The van der Waals surface area contributed by atoms with Crippen LogP contribution in [-0.4, -0.2) is 81.9 Å². The largest absolute Gasteiger partial charge is 0.471 e. The third kappa shape index (κ3) is 7.78. The summed E-state index contributed by atoms with van der Waals surface area (Å²) in [7, 11) is -4.03. The number of nitrogens with one attached hydrogen (secondary N) is 3. The zero-order valence-electron chi connectivity index (χ0n) is 30.6. The maximum Gasteiger partial charge on any atom is 0.259 e. The molecule has 3 fully saturated rings. The van der Waals surface area contributed by atoms with Gasteiger partial charge in [-0.25, -0.2) is 27.2 Å². The molecule has 292 valence electrons. The first-order valence-corrected chi connectivity index (χ1v) is 20.3. The Kier molecular flexibility index (Phi) is 10.4. The van der Waals surface area contributed by atoms with Crippen LogP contribution in [0.4, 0.5) is 8.78 Å². The molecule has 3 aromatic rings. The first-order chi connectivity index (χ1) is 26.2. The fourth-order valence-corrected chi connectivity index (χ4v) is 8.65. The van der Waals surface area contributed by atoms with Gasteiger partial charge in [0.2, 0.25) is 27.7 Å². The molecule has 1 saturated heterocycles. The topological polar surface area (TPSA) is 177 Å². The lowest BCUT2D eigenvalue weighted by atomic mass is 10.0. The van der Waals surface area contributed by atoms with Gasteiger partial charge in [-0.15, -0.1) is 0 Å². The van der Waals surface area contributed by atoms with Crippen LogP contribution < -0.4 is 20.1 Å². The third-order valence-corrected chi connectivity index (χ3v) is 13.3. The van der Waals surface area contributed by atoms with E-state index in [2.05, 4.69) is 25.3 Å². The summed E-state index contributed by atoms with van der Waals surface area (Å²) >= 11 is 0. The fourth-order valence-electron chi connectivity index (χ4n) is 7.34. The van der Waals surface area contributed by atoms with Gasteiger partial charge >= 0.3 is 0 Å². The molecule has 3 N–H and O–H groups in total. The molecule has 4 amide bonds. The number of nitrogens with zero attached hydrogens (tertiary/aromatic N) is 3. The smallest absolute Gasteiger partial charge is 0.259 e. The van der Waals surface area contributed by atoms with Crippen molar-refractivity contribution in [2.45, 2.75) is 107 Å². The summed E-state index contributed by atoms with van der Waals surface area (Å²) in [6.45, 7) is 3.27. The van der Waals surface area contributed by atoms with Crippen LogP contribution in [0, 0.1) is 17.6 Å². The van der Waals surface area contributed by atoms with E-state index in [0.717, 1.165) is 18.6 Å². The molecule has 0 bridgehead atoms. The van der Waals surface area contributed by atoms with Crippen LogP contribution in [0.1, 0.15) is 87.7 Å². The lowest BCUT2D eigenvalue weighted by Crippen LogP contribution is -2.58. The number of rotatable bonds is 8. The van der Waals surface area contributed by atoms with Crippen molar-refractivity contribution in [2.75, 3.05) is 6.54 Å². The van der Waals surface area contributed by atoms with Gasteiger partial charge in [0.25, 0.3) is 11.8 Å². The van der Waals surface area contributed by atoms with E-state index in [1.165, 1.54) is 29.2 Å². The maximum atomic E-state index is 14.8. The molecule has 55 heavy (non-hydrogen) atoms. The number of benzene rings is 2. The molecule has 0 unspecified atom stereocenters. The Balaban J connectivity index is 1.21. The predicted octanol–water partition coefficient (Wildman–Crippen LogP) is 4.01. The number of hydrogen-bond acceptors (Lipinski definition) is 9. The number of halogens is 2. The second kappa shape index (κ2) is 14.9. The van der Waals surface area contributed by atoms with Crippen molar-refractivity contribution in [3.63, 3.8) is 0 Å². The van der Waals surface area contributed by atoms with Crippen LogP contribution in [0.5, 0.6) is 5.88 Å². The van der Waals surface area contributed by atoms with Crippen molar-refractivity contribution in [1.29, 1.82) is 0 Å². The van der Waals surface area contributed by atoms with Gasteiger partial charge in [-0.3, -0.25) is 23.9 Å². The minimum Gasteiger partial charge on any atom is -0.471 e. The number of carbonyl (C=O) groups is 4.